The smallest absolute Gasteiger partial charge is 0.345 e. The van der Waals surface area contributed by atoms with Gasteiger partial charge in [-0.3, -0.25) is 4.79 Å². The molecule has 0 aliphatic heterocycles. The molecule has 6 nitrogen and oxygen atoms in total. The van der Waals surface area contributed by atoms with E-state index in [1.54, 1.807) is 0 Å². The predicted molar refractivity (Wildman–Crippen MR) is 38.9 cm³/mol. The van der Waals surface area contributed by atoms with Crippen LogP contribution < -0.4 is 11.3 Å². The van der Waals surface area contributed by atoms with Gasteiger partial charge in [0.1, 0.15) is 0 Å². The summed E-state index contributed by atoms with van der Waals surface area (Å²) in [6.45, 7) is 1.53. The molecule has 0 amide bonds. The molecule has 0 bridgehead atoms. The van der Waals surface area contributed by atoms with E-state index in [9.17, 15) is 9.59 Å². The standard InChI is InChI=1S/C6H8N2O4/c1-2(7)4-3(6(10)11)5(9)8-12-4/h2H,7H2,1H3,(H,8,9)(H,10,11)/t2-/m0/s1. The van der Waals surface area contributed by atoms with Crippen LogP contribution in [0.4, 0.5) is 0 Å². The third kappa shape index (κ3) is 1.24. The van der Waals surface area contributed by atoms with Gasteiger partial charge in [0, 0.05) is 0 Å². The Morgan fingerprint density at radius 3 is 2.67 bits per heavy atom. The van der Waals surface area contributed by atoms with Crippen molar-refractivity contribution in [3.63, 3.8) is 0 Å². The van der Waals surface area contributed by atoms with Crippen molar-refractivity contribution in [3.05, 3.63) is 21.7 Å². The third-order valence-electron chi connectivity index (χ3n) is 1.35. The van der Waals surface area contributed by atoms with Crippen molar-refractivity contribution in [1.29, 1.82) is 0 Å². The van der Waals surface area contributed by atoms with Crippen LogP contribution in [0.5, 0.6) is 0 Å². The number of carboxylic acid groups (broad SMARTS) is 1. The molecular weight excluding hydrogens is 164 g/mol. The van der Waals surface area contributed by atoms with Crippen molar-refractivity contribution in [3.8, 4) is 0 Å². The Labute approximate surface area is 66.9 Å². The van der Waals surface area contributed by atoms with Gasteiger partial charge in [0.05, 0.1) is 6.04 Å². The zero-order valence-corrected chi connectivity index (χ0v) is 6.33. The zero-order valence-electron chi connectivity index (χ0n) is 6.33. The SMILES string of the molecule is C[C@H](N)c1o[nH]c(=O)c1C(=O)O. The average Bonchev–Trinajstić information content (AvgIpc) is 2.30. The van der Waals surface area contributed by atoms with Gasteiger partial charge >= 0.3 is 5.97 Å². The van der Waals surface area contributed by atoms with Gasteiger partial charge in [-0.25, -0.2) is 4.79 Å². The van der Waals surface area contributed by atoms with Crippen LogP contribution in [0.1, 0.15) is 29.1 Å². The summed E-state index contributed by atoms with van der Waals surface area (Å²) in [6, 6.07) is -0.616. The molecule has 1 atom stereocenters. The summed E-state index contributed by atoms with van der Waals surface area (Å²) < 4.78 is 4.57. The second-order valence-corrected chi connectivity index (χ2v) is 2.37. The summed E-state index contributed by atoms with van der Waals surface area (Å²) in [7, 11) is 0. The second kappa shape index (κ2) is 2.82. The number of carboxylic acids is 1. The lowest BCUT2D eigenvalue weighted by Crippen LogP contribution is -2.16. The average molecular weight is 172 g/mol. The third-order valence-corrected chi connectivity index (χ3v) is 1.35. The Hall–Kier alpha value is -1.56. The van der Waals surface area contributed by atoms with E-state index >= 15 is 0 Å². The van der Waals surface area contributed by atoms with Crippen molar-refractivity contribution in [2.75, 3.05) is 0 Å². The number of H-pyrrole nitrogens is 1. The highest BCUT2D eigenvalue weighted by atomic mass is 16.5. The topological polar surface area (TPSA) is 109 Å². The fourth-order valence-corrected chi connectivity index (χ4v) is 0.838. The van der Waals surface area contributed by atoms with Crippen LogP contribution in [0.15, 0.2) is 9.32 Å². The number of rotatable bonds is 2. The zero-order chi connectivity index (χ0) is 9.30. The second-order valence-electron chi connectivity index (χ2n) is 2.37. The summed E-state index contributed by atoms with van der Waals surface area (Å²) in [6.07, 6.45) is 0. The van der Waals surface area contributed by atoms with Gasteiger partial charge < -0.3 is 15.4 Å². The number of aromatic carboxylic acids is 1. The quantitative estimate of drug-likeness (QED) is 0.566. The van der Waals surface area contributed by atoms with E-state index in [1.807, 2.05) is 5.16 Å². The number of nitrogens with two attached hydrogens (primary N) is 1. The lowest BCUT2D eigenvalue weighted by Gasteiger charge is -1.98. The van der Waals surface area contributed by atoms with E-state index in [0.29, 0.717) is 0 Å². The van der Waals surface area contributed by atoms with E-state index in [-0.39, 0.29) is 5.76 Å². The van der Waals surface area contributed by atoms with Crippen LogP contribution in [0.25, 0.3) is 0 Å². The van der Waals surface area contributed by atoms with E-state index in [4.69, 9.17) is 10.8 Å². The number of hydrogen-bond acceptors (Lipinski definition) is 4. The first-order valence-corrected chi connectivity index (χ1v) is 3.24. The molecule has 1 aromatic heterocycles. The van der Waals surface area contributed by atoms with Gasteiger partial charge in [-0.15, -0.1) is 0 Å². The number of carbonyl (C=O) groups is 1. The van der Waals surface area contributed by atoms with Crippen LogP contribution in [-0.4, -0.2) is 16.2 Å². The van der Waals surface area contributed by atoms with Gasteiger partial charge in [0.25, 0.3) is 5.56 Å². The van der Waals surface area contributed by atoms with Gasteiger partial charge in [-0.05, 0) is 6.92 Å². The van der Waals surface area contributed by atoms with Crippen LogP contribution in [0.3, 0.4) is 0 Å². The van der Waals surface area contributed by atoms with Crippen molar-refractivity contribution in [2.45, 2.75) is 13.0 Å². The molecule has 0 saturated carbocycles. The molecule has 1 rings (SSSR count). The van der Waals surface area contributed by atoms with Crippen LogP contribution in [-0.2, 0) is 0 Å². The Kier molecular flexibility index (Phi) is 2.01. The summed E-state index contributed by atoms with van der Waals surface area (Å²) in [5.41, 5.74) is 4.16. The summed E-state index contributed by atoms with van der Waals surface area (Å²) >= 11 is 0. The molecule has 6 heteroatoms. The predicted octanol–water partition coefficient (Wildman–Crippen LogP) is -0.314. The molecule has 1 heterocycles. The lowest BCUT2D eigenvalue weighted by atomic mass is 10.2. The Balaban J connectivity index is 3.31. The Morgan fingerprint density at radius 2 is 2.33 bits per heavy atom. The molecule has 0 aromatic carbocycles. The molecule has 0 radical (unpaired) electrons. The van der Waals surface area contributed by atoms with Crippen molar-refractivity contribution >= 4 is 5.97 Å². The van der Waals surface area contributed by atoms with E-state index < -0.39 is 23.1 Å². The summed E-state index contributed by atoms with van der Waals surface area (Å²) in [4.78, 5) is 21.3. The molecule has 12 heavy (non-hydrogen) atoms. The summed E-state index contributed by atoms with van der Waals surface area (Å²) in [5.74, 6) is -1.37. The fourth-order valence-electron chi connectivity index (χ4n) is 0.838. The molecule has 0 unspecified atom stereocenters. The number of nitrogens with one attached hydrogen (secondary N) is 1. The molecule has 0 fully saturated rings. The maximum Gasteiger partial charge on any atom is 0.345 e. The van der Waals surface area contributed by atoms with Gasteiger partial charge in [-0.1, -0.05) is 0 Å². The van der Waals surface area contributed by atoms with Crippen LogP contribution in [0, 0.1) is 0 Å². The Bertz CT molecular complexity index is 349. The number of aromatic amines is 1. The minimum atomic E-state index is -1.34. The molecule has 1 aromatic rings. The van der Waals surface area contributed by atoms with E-state index in [1.165, 1.54) is 6.92 Å². The number of aromatic nitrogens is 1. The van der Waals surface area contributed by atoms with Crippen molar-refractivity contribution in [2.24, 2.45) is 5.73 Å². The first-order valence-electron chi connectivity index (χ1n) is 3.24. The molecule has 0 saturated heterocycles. The van der Waals surface area contributed by atoms with Crippen molar-refractivity contribution in [1.82, 2.24) is 5.16 Å². The summed E-state index contributed by atoms with van der Waals surface area (Å²) in [5, 5.41) is 10.5. The lowest BCUT2D eigenvalue weighted by molar-refractivity contribution is 0.0692. The Morgan fingerprint density at radius 1 is 1.75 bits per heavy atom. The highest BCUT2D eigenvalue weighted by Gasteiger charge is 2.21. The number of hydrogen-bond donors (Lipinski definition) is 3. The molecule has 0 spiro atoms. The van der Waals surface area contributed by atoms with Crippen LogP contribution >= 0.6 is 0 Å². The highest BCUT2D eigenvalue weighted by Crippen LogP contribution is 2.10. The molecular formula is C6H8N2O4. The largest absolute Gasteiger partial charge is 0.477 e. The van der Waals surface area contributed by atoms with Crippen LogP contribution in [0.2, 0.25) is 0 Å². The first kappa shape index (κ1) is 8.54. The normalized spacial score (nSPS) is 12.8. The maximum absolute atomic E-state index is 10.8. The molecule has 0 aliphatic carbocycles. The minimum Gasteiger partial charge on any atom is -0.477 e. The van der Waals surface area contributed by atoms with Crippen molar-refractivity contribution < 1.29 is 14.4 Å². The van der Waals surface area contributed by atoms with E-state index in [0.717, 1.165) is 0 Å². The fraction of sp³-hybridized carbons (Fsp3) is 0.333. The van der Waals surface area contributed by atoms with E-state index in [2.05, 4.69) is 4.52 Å². The first-order chi connectivity index (χ1) is 5.54. The molecule has 0 aliphatic rings. The van der Waals surface area contributed by atoms with Gasteiger partial charge in [-0.2, -0.15) is 5.16 Å². The van der Waals surface area contributed by atoms with Gasteiger partial charge in [0.2, 0.25) is 0 Å². The highest BCUT2D eigenvalue weighted by molar-refractivity contribution is 5.88. The van der Waals surface area contributed by atoms with Gasteiger partial charge in [0.15, 0.2) is 11.3 Å². The maximum atomic E-state index is 10.8. The molecule has 4 N–H and O–H groups in total. The minimum absolute atomic E-state index is 0.0347. The monoisotopic (exact) mass is 172 g/mol. The molecule has 66 valence electrons.